The van der Waals surface area contributed by atoms with Crippen LogP contribution < -0.4 is 15.8 Å². The maximum absolute atomic E-state index is 11.4. The van der Waals surface area contributed by atoms with Crippen molar-refractivity contribution in [2.24, 2.45) is 5.14 Å². The molecule has 0 saturated heterocycles. The number of sulfonamides is 1. The Morgan fingerprint density at radius 2 is 1.81 bits per heavy atom. The summed E-state index contributed by atoms with van der Waals surface area (Å²) in [4.78, 5) is 22.0. The minimum Gasteiger partial charge on any atom is -0.480 e. The molecule has 0 saturated carbocycles. The van der Waals surface area contributed by atoms with Crippen molar-refractivity contribution in [1.82, 2.24) is 10.6 Å². The molecule has 1 aromatic rings. The molecule has 116 valence electrons. The molecule has 1 aromatic carbocycles. The van der Waals surface area contributed by atoms with Crippen LogP contribution in [0.3, 0.4) is 0 Å². The van der Waals surface area contributed by atoms with Crippen molar-refractivity contribution >= 4 is 22.0 Å². The second-order valence-electron chi connectivity index (χ2n) is 4.09. The van der Waals surface area contributed by atoms with Gasteiger partial charge in [-0.3, -0.25) is 0 Å². The Morgan fingerprint density at radius 3 is 2.24 bits per heavy atom. The number of amides is 2. The fraction of sp³-hybridized carbons (Fsp3) is 0.273. The monoisotopic (exact) mass is 317 g/mol. The second kappa shape index (κ2) is 7.02. The van der Waals surface area contributed by atoms with Crippen LogP contribution in [-0.2, 0) is 21.4 Å². The first-order chi connectivity index (χ1) is 9.74. The van der Waals surface area contributed by atoms with E-state index in [4.69, 9.17) is 15.4 Å². The summed E-state index contributed by atoms with van der Waals surface area (Å²) >= 11 is 0. The number of carboxylic acid groups (broad SMARTS) is 1. The Bertz CT molecular complexity index is 613. The highest BCUT2D eigenvalue weighted by molar-refractivity contribution is 7.89. The molecule has 0 aliphatic heterocycles. The lowest BCUT2D eigenvalue weighted by Gasteiger charge is -2.12. The number of nitrogens with one attached hydrogen (secondary N) is 2. The third-order valence-corrected chi connectivity index (χ3v) is 3.42. The molecule has 1 rings (SSSR count). The molecule has 1 atom stereocenters. The van der Waals surface area contributed by atoms with Crippen molar-refractivity contribution in [3.63, 3.8) is 0 Å². The van der Waals surface area contributed by atoms with E-state index in [1.807, 2.05) is 0 Å². The van der Waals surface area contributed by atoms with E-state index in [9.17, 15) is 18.0 Å². The van der Waals surface area contributed by atoms with Gasteiger partial charge in [-0.15, -0.1) is 0 Å². The normalized spacial score (nSPS) is 12.5. The van der Waals surface area contributed by atoms with Crippen LogP contribution in [0.25, 0.3) is 0 Å². The maximum atomic E-state index is 11.4. The molecule has 0 unspecified atom stereocenters. The molecular formula is C11H15N3O6S. The average Bonchev–Trinajstić information content (AvgIpc) is 2.41. The van der Waals surface area contributed by atoms with E-state index in [1.54, 1.807) is 0 Å². The van der Waals surface area contributed by atoms with Crippen LogP contribution in [0.4, 0.5) is 4.79 Å². The Balaban J connectivity index is 2.56. The van der Waals surface area contributed by atoms with Crippen molar-refractivity contribution in [2.45, 2.75) is 17.5 Å². The number of hydrogen-bond donors (Lipinski definition) is 5. The van der Waals surface area contributed by atoms with Crippen LogP contribution in [-0.4, -0.2) is 43.3 Å². The van der Waals surface area contributed by atoms with E-state index < -0.39 is 34.7 Å². The van der Waals surface area contributed by atoms with Gasteiger partial charge < -0.3 is 20.8 Å². The number of aliphatic carboxylic acids is 1. The summed E-state index contributed by atoms with van der Waals surface area (Å²) in [6.45, 7) is -0.680. The third kappa shape index (κ3) is 5.38. The minimum absolute atomic E-state index is 0.0501. The van der Waals surface area contributed by atoms with Crippen molar-refractivity contribution in [3.8, 4) is 0 Å². The first-order valence-electron chi connectivity index (χ1n) is 5.74. The maximum Gasteiger partial charge on any atom is 0.328 e. The average molecular weight is 317 g/mol. The number of carbonyl (C=O) groups excluding carboxylic acids is 1. The summed E-state index contributed by atoms with van der Waals surface area (Å²) in [6, 6.07) is 3.33. The summed E-state index contributed by atoms with van der Waals surface area (Å²) in [7, 11) is -3.77. The molecule has 10 heteroatoms. The summed E-state index contributed by atoms with van der Waals surface area (Å²) in [5.74, 6) is -1.36. The molecule has 0 fully saturated rings. The number of carbonyl (C=O) groups is 2. The predicted molar refractivity (Wildman–Crippen MR) is 71.7 cm³/mol. The van der Waals surface area contributed by atoms with Crippen LogP contribution >= 0.6 is 0 Å². The van der Waals surface area contributed by atoms with Gasteiger partial charge in [0.2, 0.25) is 10.0 Å². The number of hydrogen-bond acceptors (Lipinski definition) is 5. The lowest BCUT2D eigenvalue weighted by atomic mass is 10.2. The van der Waals surface area contributed by atoms with E-state index in [0.717, 1.165) is 0 Å². The molecule has 0 aliphatic carbocycles. The lowest BCUT2D eigenvalue weighted by molar-refractivity contribution is -0.140. The summed E-state index contributed by atoms with van der Waals surface area (Å²) in [6.07, 6.45) is 0. The first-order valence-corrected chi connectivity index (χ1v) is 7.28. The van der Waals surface area contributed by atoms with Crippen molar-refractivity contribution in [1.29, 1.82) is 0 Å². The Morgan fingerprint density at radius 1 is 1.24 bits per heavy atom. The van der Waals surface area contributed by atoms with Crippen LogP contribution in [0, 0.1) is 0 Å². The molecular weight excluding hydrogens is 302 g/mol. The summed E-state index contributed by atoms with van der Waals surface area (Å²) in [5.41, 5.74) is 0.591. The zero-order valence-corrected chi connectivity index (χ0v) is 11.6. The molecule has 21 heavy (non-hydrogen) atoms. The number of nitrogens with two attached hydrogens (primary N) is 1. The van der Waals surface area contributed by atoms with Gasteiger partial charge in [-0.2, -0.15) is 0 Å². The predicted octanol–water partition coefficient (Wildman–Crippen LogP) is -1.42. The zero-order valence-electron chi connectivity index (χ0n) is 10.8. The quantitative estimate of drug-likeness (QED) is 0.433. The van der Waals surface area contributed by atoms with Gasteiger partial charge in [0.1, 0.15) is 0 Å². The Hall–Kier alpha value is -2.17. The standard InChI is InChI=1S/C11H15N3O6S/c12-21(19,20)8-3-1-7(2-4-8)5-13-11(18)14-9(6-15)10(16)17/h1-4,9,15H,5-6H2,(H,16,17)(H2,12,19,20)(H2,13,14,18)/t9-/m0/s1. The number of aliphatic hydroxyl groups is 1. The molecule has 0 aromatic heterocycles. The van der Waals surface area contributed by atoms with E-state index in [-0.39, 0.29) is 11.4 Å². The largest absolute Gasteiger partial charge is 0.480 e. The van der Waals surface area contributed by atoms with Crippen molar-refractivity contribution in [3.05, 3.63) is 29.8 Å². The van der Waals surface area contributed by atoms with Gasteiger partial charge in [0, 0.05) is 6.54 Å². The third-order valence-electron chi connectivity index (χ3n) is 2.49. The molecule has 9 nitrogen and oxygen atoms in total. The SMILES string of the molecule is NS(=O)(=O)c1ccc(CNC(=O)N[C@@H](CO)C(=O)O)cc1. The molecule has 2 amide bonds. The molecule has 0 spiro atoms. The molecule has 0 aliphatic rings. The smallest absolute Gasteiger partial charge is 0.328 e. The number of aliphatic hydroxyl groups excluding tert-OH is 1. The molecule has 0 radical (unpaired) electrons. The van der Waals surface area contributed by atoms with Crippen molar-refractivity contribution in [2.75, 3.05) is 6.61 Å². The van der Waals surface area contributed by atoms with Crippen molar-refractivity contribution < 1.29 is 28.2 Å². The highest BCUT2D eigenvalue weighted by Crippen LogP contribution is 2.08. The second-order valence-corrected chi connectivity index (χ2v) is 5.65. The van der Waals surface area contributed by atoms with Crippen LogP contribution in [0.2, 0.25) is 0 Å². The van der Waals surface area contributed by atoms with E-state index >= 15 is 0 Å². The highest BCUT2D eigenvalue weighted by atomic mass is 32.2. The summed E-state index contributed by atoms with van der Waals surface area (Å²) in [5, 5.41) is 26.8. The van der Waals surface area contributed by atoms with Gasteiger partial charge in [0.15, 0.2) is 6.04 Å². The number of urea groups is 1. The van der Waals surface area contributed by atoms with Gasteiger partial charge in [-0.05, 0) is 17.7 Å². The van der Waals surface area contributed by atoms with E-state index in [1.165, 1.54) is 24.3 Å². The Kier molecular flexibility index (Phi) is 5.64. The van der Waals surface area contributed by atoms with Gasteiger partial charge in [-0.25, -0.2) is 23.1 Å². The highest BCUT2D eigenvalue weighted by Gasteiger charge is 2.18. The topological polar surface area (TPSA) is 159 Å². The van der Waals surface area contributed by atoms with Crippen LogP contribution in [0.1, 0.15) is 5.56 Å². The number of carboxylic acids is 1. The number of benzene rings is 1. The fourth-order valence-electron chi connectivity index (χ4n) is 1.37. The summed E-state index contributed by atoms with van der Waals surface area (Å²) < 4.78 is 22.1. The zero-order chi connectivity index (χ0) is 16.0. The first kappa shape index (κ1) is 16.9. The Labute approximate surface area is 120 Å². The minimum atomic E-state index is -3.77. The fourth-order valence-corrected chi connectivity index (χ4v) is 1.89. The van der Waals surface area contributed by atoms with Gasteiger partial charge in [-0.1, -0.05) is 12.1 Å². The molecule has 0 bridgehead atoms. The van der Waals surface area contributed by atoms with E-state index in [0.29, 0.717) is 5.56 Å². The number of rotatable bonds is 6. The number of primary sulfonamides is 1. The molecule has 0 heterocycles. The molecule has 6 N–H and O–H groups in total. The van der Waals surface area contributed by atoms with Gasteiger partial charge in [0.05, 0.1) is 11.5 Å². The lowest BCUT2D eigenvalue weighted by Crippen LogP contribution is -2.47. The van der Waals surface area contributed by atoms with Gasteiger partial charge in [0.25, 0.3) is 0 Å². The van der Waals surface area contributed by atoms with Gasteiger partial charge >= 0.3 is 12.0 Å². The van der Waals surface area contributed by atoms with Crippen LogP contribution in [0.5, 0.6) is 0 Å². The van der Waals surface area contributed by atoms with Crippen LogP contribution in [0.15, 0.2) is 29.2 Å². The van der Waals surface area contributed by atoms with E-state index in [2.05, 4.69) is 10.6 Å².